The molecule has 4 rings (SSSR count). The summed E-state index contributed by atoms with van der Waals surface area (Å²) in [6, 6.07) is 7.12. The number of hydrogen-bond acceptors (Lipinski definition) is 3. The first kappa shape index (κ1) is 16.1. The van der Waals surface area contributed by atoms with Gasteiger partial charge in [0.05, 0.1) is 0 Å². The molecule has 3 nitrogen and oxygen atoms in total. The molecule has 1 aromatic carbocycles. The van der Waals surface area contributed by atoms with Crippen LogP contribution in [-0.2, 0) is 16.6 Å². The zero-order valence-corrected chi connectivity index (χ0v) is 15.0. The molecular weight excluding hydrogens is 298 g/mol. The van der Waals surface area contributed by atoms with Gasteiger partial charge in [0.25, 0.3) is 0 Å². The fourth-order valence-electron chi connectivity index (χ4n) is 5.86. The number of esters is 1. The monoisotopic (exact) mass is 327 g/mol. The van der Waals surface area contributed by atoms with Crippen LogP contribution in [-0.4, -0.2) is 30.0 Å². The van der Waals surface area contributed by atoms with Gasteiger partial charge in [-0.15, -0.1) is 0 Å². The predicted octanol–water partition coefficient (Wildman–Crippen LogP) is 4.08. The summed E-state index contributed by atoms with van der Waals surface area (Å²) >= 11 is 0. The minimum Gasteiger partial charge on any atom is -0.427 e. The van der Waals surface area contributed by atoms with Gasteiger partial charge in [0.2, 0.25) is 0 Å². The molecule has 0 N–H and O–H groups in total. The minimum absolute atomic E-state index is 0.223. The van der Waals surface area contributed by atoms with Crippen LogP contribution in [0.3, 0.4) is 0 Å². The lowest BCUT2D eigenvalue weighted by Crippen LogP contribution is -2.60. The molecular formula is C21H29NO2. The van der Waals surface area contributed by atoms with Crippen LogP contribution >= 0.6 is 0 Å². The van der Waals surface area contributed by atoms with E-state index in [1.54, 1.807) is 0 Å². The van der Waals surface area contributed by atoms with Crippen LogP contribution in [0.2, 0.25) is 0 Å². The maximum Gasteiger partial charge on any atom is 0.308 e. The van der Waals surface area contributed by atoms with E-state index in [4.69, 9.17) is 4.74 Å². The van der Waals surface area contributed by atoms with E-state index < -0.39 is 0 Å². The number of benzene rings is 1. The molecule has 130 valence electrons. The number of piperidine rings is 1. The Morgan fingerprint density at radius 2 is 2.21 bits per heavy atom. The number of fused-ring (bicyclic) bond motifs is 1. The lowest BCUT2D eigenvalue weighted by atomic mass is 9.52. The van der Waals surface area contributed by atoms with E-state index in [9.17, 15) is 4.79 Å². The first-order valence-corrected chi connectivity index (χ1v) is 9.70. The maximum atomic E-state index is 11.4. The van der Waals surface area contributed by atoms with Gasteiger partial charge in [-0.25, -0.2) is 0 Å². The second-order valence-electron chi connectivity index (χ2n) is 7.98. The van der Waals surface area contributed by atoms with Gasteiger partial charge in [0, 0.05) is 18.4 Å². The van der Waals surface area contributed by atoms with Crippen molar-refractivity contribution in [1.29, 1.82) is 0 Å². The molecule has 1 heterocycles. The number of rotatable bonds is 3. The van der Waals surface area contributed by atoms with Crippen molar-refractivity contribution >= 4 is 5.97 Å². The quantitative estimate of drug-likeness (QED) is 0.619. The Labute approximate surface area is 145 Å². The summed E-state index contributed by atoms with van der Waals surface area (Å²) in [5.41, 5.74) is 3.32. The molecule has 0 radical (unpaired) electrons. The van der Waals surface area contributed by atoms with Crippen molar-refractivity contribution in [2.24, 2.45) is 5.92 Å². The molecule has 3 heteroatoms. The number of likely N-dealkylation sites (tertiary alicyclic amines) is 1. The van der Waals surface area contributed by atoms with Crippen molar-refractivity contribution in [3.63, 3.8) is 0 Å². The average Bonchev–Trinajstić information content (AvgIpc) is 2.57. The van der Waals surface area contributed by atoms with Crippen molar-refractivity contribution in [2.45, 2.75) is 70.3 Å². The van der Waals surface area contributed by atoms with E-state index in [1.807, 2.05) is 6.07 Å². The topological polar surface area (TPSA) is 29.5 Å². The summed E-state index contributed by atoms with van der Waals surface area (Å²) < 4.78 is 5.40. The Morgan fingerprint density at radius 3 is 3.00 bits per heavy atom. The third-order valence-corrected chi connectivity index (χ3v) is 6.70. The molecule has 2 fully saturated rings. The van der Waals surface area contributed by atoms with Gasteiger partial charge in [0.15, 0.2) is 0 Å². The van der Waals surface area contributed by atoms with Crippen molar-refractivity contribution in [3.8, 4) is 5.75 Å². The van der Waals surface area contributed by atoms with E-state index in [-0.39, 0.29) is 5.97 Å². The lowest BCUT2D eigenvalue weighted by molar-refractivity contribution is -0.131. The second-order valence-corrected chi connectivity index (χ2v) is 7.98. The summed E-state index contributed by atoms with van der Waals surface area (Å²) in [4.78, 5) is 14.1. The first-order chi connectivity index (χ1) is 11.6. The van der Waals surface area contributed by atoms with Crippen LogP contribution in [0.25, 0.3) is 0 Å². The highest BCUT2D eigenvalue weighted by Crippen LogP contribution is 2.56. The molecule has 1 saturated heterocycles. The Morgan fingerprint density at radius 1 is 1.33 bits per heavy atom. The summed E-state index contributed by atoms with van der Waals surface area (Å²) in [7, 11) is 0. The molecule has 0 spiro atoms. The van der Waals surface area contributed by atoms with Gasteiger partial charge < -0.3 is 4.74 Å². The van der Waals surface area contributed by atoms with Crippen molar-refractivity contribution in [1.82, 2.24) is 4.90 Å². The zero-order chi connectivity index (χ0) is 16.7. The Bertz CT molecular complexity index is 641. The van der Waals surface area contributed by atoms with Crippen LogP contribution in [0, 0.1) is 5.92 Å². The molecule has 1 saturated carbocycles. The van der Waals surface area contributed by atoms with Crippen molar-refractivity contribution < 1.29 is 9.53 Å². The summed E-state index contributed by atoms with van der Waals surface area (Å²) in [5.74, 6) is 1.29. The van der Waals surface area contributed by atoms with Crippen LogP contribution in [0.5, 0.6) is 5.75 Å². The van der Waals surface area contributed by atoms with E-state index in [0.29, 0.717) is 11.5 Å². The van der Waals surface area contributed by atoms with Crippen LogP contribution in [0.4, 0.5) is 0 Å². The maximum absolute atomic E-state index is 11.4. The van der Waals surface area contributed by atoms with Gasteiger partial charge in [-0.3, -0.25) is 9.69 Å². The van der Waals surface area contributed by atoms with E-state index >= 15 is 0 Å². The number of nitrogens with zero attached hydrogens (tertiary/aromatic N) is 1. The highest BCUT2D eigenvalue weighted by atomic mass is 16.5. The van der Waals surface area contributed by atoms with Crippen LogP contribution in [0.1, 0.15) is 63.5 Å². The smallest absolute Gasteiger partial charge is 0.308 e. The SMILES string of the molecule is CCCN1CC[C@]23CCCC[C@H]2[C@H]1Cc1ccc(OC(C)=O)cc13. The molecule has 2 aliphatic carbocycles. The normalized spacial score (nSPS) is 31.9. The largest absolute Gasteiger partial charge is 0.427 e. The third kappa shape index (κ3) is 2.48. The molecule has 0 unspecified atom stereocenters. The van der Waals surface area contributed by atoms with E-state index in [2.05, 4.69) is 24.0 Å². The van der Waals surface area contributed by atoms with Crippen LogP contribution < -0.4 is 4.74 Å². The van der Waals surface area contributed by atoms with Gasteiger partial charge in [0.1, 0.15) is 5.75 Å². The molecule has 2 bridgehead atoms. The predicted molar refractivity (Wildman–Crippen MR) is 95.4 cm³/mol. The summed E-state index contributed by atoms with van der Waals surface area (Å²) in [5, 5.41) is 0. The molecule has 3 atom stereocenters. The first-order valence-electron chi connectivity index (χ1n) is 9.70. The number of hydrogen-bond donors (Lipinski definition) is 0. The summed E-state index contributed by atoms with van der Waals surface area (Å²) in [6.45, 7) is 6.25. The number of ether oxygens (including phenoxy) is 1. The fraction of sp³-hybridized carbons (Fsp3) is 0.667. The fourth-order valence-corrected chi connectivity index (χ4v) is 5.86. The average molecular weight is 327 g/mol. The van der Waals surface area contributed by atoms with Gasteiger partial charge in [-0.2, -0.15) is 0 Å². The lowest BCUT2D eigenvalue weighted by Gasteiger charge is -2.59. The molecule has 0 amide bonds. The number of carbonyl (C=O) groups is 1. The zero-order valence-electron chi connectivity index (χ0n) is 15.0. The minimum atomic E-state index is -0.223. The highest BCUT2D eigenvalue weighted by Gasteiger charge is 2.53. The Balaban J connectivity index is 1.76. The van der Waals surface area contributed by atoms with Crippen molar-refractivity contribution in [3.05, 3.63) is 29.3 Å². The van der Waals surface area contributed by atoms with Crippen LogP contribution in [0.15, 0.2) is 18.2 Å². The van der Waals surface area contributed by atoms with Gasteiger partial charge in [-0.05, 0) is 74.4 Å². The van der Waals surface area contributed by atoms with Gasteiger partial charge in [-0.1, -0.05) is 25.8 Å². The van der Waals surface area contributed by atoms with Crippen molar-refractivity contribution in [2.75, 3.05) is 13.1 Å². The Kier molecular flexibility index (Phi) is 4.16. The van der Waals surface area contributed by atoms with Gasteiger partial charge >= 0.3 is 5.97 Å². The second kappa shape index (κ2) is 6.18. The number of carbonyl (C=O) groups excluding carboxylic acids is 1. The third-order valence-electron chi connectivity index (χ3n) is 6.70. The standard InChI is InChI=1S/C21H29NO2/c1-3-11-22-12-10-21-9-5-4-6-18(21)20(22)13-16-7-8-17(14-19(16)21)24-15(2)23/h7-8,14,18,20H,3-6,9-13H2,1-2H3/t18-,20+,21+/m0/s1. The molecule has 0 aromatic heterocycles. The Hall–Kier alpha value is -1.35. The molecule has 1 aliphatic heterocycles. The molecule has 24 heavy (non-hydrogen) atoms. The van der Waals surface area contributed by atoms with E-state index in [1.165, 1.54) is 76.1 Å². The molecule has 1 aromatic rings. The summed E-state index contributed by atoms with van der Waals surface area (Å²) in [6.07, 6.45) is 9.07. The van der Waals surface area contributed by atoms with E-state index in [0.717, 1.165) is 11.7 Å². The highest BCUT2D eigenvalue weighted by molar-refractivity contribution is 5.69. The molecule has 3 aliphatic rings.